The summed E-state index contributed by atoms with van der Waals surface area (Å²) < 4.78 is 28.5. The number of carbonyl (C=O) groups excluding carboxylic acids is 1. The topological polar surface area (TPSA) is 316 Å². The van der Waals surface area contributed by atoms with Crippen molar-refractivity contribution in [2.24, 2.45) is 5.73 Å². The Morgan fingerprint density at radius 2 is 1.37 bits per heavy atom. The van der Waals surface area contributed by atoms with Crippen molar-refractivity contribution in [1.29, 1.82) is 0 Å². The van der Waals surface area contributed by atoms with E-state index in [9.17, 15) is 55.9 Å². The van der Waals surface area contributed by atoms with Crippen LogP contribution in [0, 0.1) is 0 Å². The normalized spacial score (nSPS) is 41.7. The number of hydrogen-bond donors (Lipinski definition) is 13. The molecule has 3 saturated heterocycles. The van der Waals surface area contributed by atoms with Crippen molar-refractivity contribution in [3.8, 4) is 11.5 Å². The highest BCUT2D eigenvalue weighted by Crippen LogP contribution is 2.32. The maximum atomic E-state index is 11.8. The monoisotopic (exact) mass is 665 g/mol. The van der Waals surface area contributed by atoms with Crippen LogP contribution >= 0.6 is 0 Å². The number of rotatable bonds is 11. The first-order chi connectivity index (χ1) is 21.8. The summed E-state index contributed by atoms with van der Waals surface area (Å²) in [4.78, 5) is 11.8. The quantitative estimate of drug-likeness (QED) is 0.0978. The number of nitrogens with one attached hydrogen (secondary N) is 2. The van der Waals surface area contributed by atoms with Crippen molar-refractivity contribution >= 4 is 5.91 Å². The van der Waals surface area contributed by atoms with E-state index in [1.807, 2.05) is 0 Å². The van der Waals surface area contributed by atoms with Crippen LogP contribution in [-0.2, 0) is 35.0 Å². The van der Waals surface area contributed by atoms with Crippen molar-refractivity contribution in [3.05, 3.63) is 23.8 Å². The average molecular weight is 666 g/mol. The Balaban J connectivity index is 1.47. The Morgan fingerprint density at radius 3 is 1.98 bits per heavy atom. The standard InChI is InChI=1S/C27H43N3O16/c1-9(34)30-18-21(39)19(37)13(6-31)43-27(18)46-23-15(8-33)44-26(16(28)20(23)38)45-24-14(7-32)42-25(41)17(22(24)40)29-5-10-2-3-11(35)12(36)4-10/h2-4,13-27,29,31-33,35-41H,5-8,28H2,1H3,(H,30,34)/t13?,14?,15?,16?,17?,18?,19-,20-,21-,22-,23-,24-,25-,26+,27+/m1/s1. The van der Waals surface area contributed by atoms with E-state index in [4.69, 9.17) is 29.4 Å². The summed E-state index contributed by atoms with van der Waals surface area (Å²) in [5, 5.41) is 108. The highest BCUT2D eigenvalue weighted by atomic mass is 16.7. The maximum absolute atomic E-state index is 11.8. The van der Waals surface area contributed by atoms with Gasteiger partial charge in [0.2, 0.25) is 5.91 Å². The van der Waals surface area contributed by atoms with Crippen molar-refractivity contribution in [2.45, 2.75) is 105 Å². The second-order valence-electron chi connectivity index (χ2n) is 11.4. The number of aliphatic hydroxyl groups excluding tert-OH is 8. The van der Waals surface area contributed by atoms with Gasteiger partial charge in [0.05, 0.1) is 31.9 Å². The van der Waals surface area contributed by atoms with E-state index in [-0.39, 0.29) is 18.0 Å². The molecule has 3 heterocycles. The first-order valence-corrected chi connectivity index (χ1v) is 14.6. The van der Waals surface area contributed by atoms with Crippen LogP contribution in [-0.4, -0.2) is 169 Å². The zero-order valence-corrected chi connectivity index (χ0v) is 24.7. The minimum Gasteiger partial charge on any atom is -0.504 e. The average Bonchev–Trinajstić information content (AvgIpc) is 3.02. The number of benzene rings is 1. The van der Waals surface area contributed by atoms with Crippen LogP contribution in [0.3, 0.4) is 0 Å². The van der Waals surface area contributed by atoms with Gasteiger partial charge in [-0.25, -0.2) is 0 Å². The molecule has 0 radical (unpaired) electrons. The molecule has 3 aliphatic heterocycles. The fraction of sp³-hybridized carbons (Fsp3) is 0.741. The maximum Gasteiger partial charge on any atom is 0.217 e. The number of nitrogens with two attached hydrogens (primary N) is 1. The second-order valence-corrected chi connectivity index (χ2v) is 11.4. The molecule has 0 spiro atoms. The van der Waals surface area contributed by atoms with Gasteiger partial charge < -0.3 is 91.1 Å². The lowest BCUT2D eigenvalue weighted by Gasteiger charge is -2.49. The lowest BCUT2D eigenvalue weighted by atomic mass is 9.94. The minimum atomic E-state index is -1.68. The van der Waals surface area contributed by atoms with Gasteiger partial charge in [-0.2, -0.15) is 0 Å². The first kappa shape index (κ1) is 36.5. The number of ether oxygens (including phenoxy) is 5. The molecular formula is C27H43N3O16. The third-order valence-corrected chi connectivity index (χ3v) is 8.19. The van der Waals surface area contributed by atoms with E-state index >= 15 is 0 Å². The molecule has 15 atom stereocenters. The highest BCUT2D eigenvalue weighted by molar-refractivity contribution is 5.73. The zero-order chi connectivity index (χ0) is 33.9. The fourth-order valence-electron chi connectivity index (χ4n) is 5.66. The Hall–Kier alpha value is -2.31. The molecule has 0 aromatic heterocycles. The molecule has 46 heavy (non-hydrogen) atoms. The van der Waals surface area contributed by atoms with Crippen molar-refractivity contribution in [1.82, 2.24) is 10.6 Å². The molecule has 6 unspecified atom stereocenters. The van der Waals surface area contributed by atoms with Gasteiger partial charge in [0.15, 0.2) is 30.4 Å². The molecule has 0 bridgehead atoms. The van der Waals surface area contributed by atoms with Crippen LogP contribution in [0.1, 0.15) is 12.5 Å². The van der Waals surface area contributed by atoms with Crippen LogP contribution < -0.4 is 16.4 Å². The van der Waals surface area contributed by atoms with Gasteiger partial charge in [-0.1, -0.05) is 6.07 Å². The molecule has 3 fully saturated rings. The molecule has 3 aliphatic rings. The van der Waals surface area contributed by atoms with E-state index in [1.165, 1.54) is 18.2 Å². The third-order valence-electron chi connectivity index (χ3n) is 8.19. The van der Waals surface area contributed by atoms with E-state index < -0.39 is 118 Å². The SMILES string of the molecule is CC(=O)NC1[C@H](O[C@@H]2C(CO)O[C@@H](O[C@@H]3C(CO)O[C@@H](O)C(NCc4ccc(O)c(O)c4)[C@H]3O)C(N)[C@H]2O)OC(CO)[C@@H](O)[C@@H]1O. The molecule has 14 N–H and O–H groups in total. The van der Waals surface area contributed by atoms with Crippen molar-refractivity contribution in [2.75, 3.05) is 19.8 Å². The van der Waals surface area contributed by atoms with Crippen molar-refractivity contribution < 1.29 is 79.5 Å². The van der Waals surface area contributed by atoms with Crippen LogP contribution in [0.15, 0.2) is 18.2 Å². The van der Waals surface area contributed by atoms with Crippen molar-refractivity contribution in [3.63, 3.8) is 0 Å². The number of aliphatic hydroxyl groups is 8. The molecule has 1 aromatic carbocycles. The summed E-state index contributed by atoms with van der Waals surface area (Å²) in [6, 6.07) is -0.0141. The number of amides is 1. The number of aromatic hydroxyl groups is 2. The van der Waals surface area contributed by atoms with Gasteiger partial charge in [-0.15, -0.1) is 0 Å². The van der Waals surface area contributed by atoms with E-state index in [0.29, 0.717) is 5.56 Å². The van der Waals surface area contributed by atoms with Gasteiger partial charge in [-0.05, 0) is 17.7 Å². The summed E-state index contributed by atoms with van der Waals surface area (Å²) in [5.74, 6) is -1.34. The predicted octanol–water partition coefficient (Wildman–Crippen LogP) is -6.25. The Bertz CT molecular complexity index is 1150. The summed E-state index contributed by atoms with van der Waals surface area (Å²) in [6.07, 6.45) is -18.1. The summed E-state index contributed by atoms with van der Waals surface area (Å²) in [5.41, 5.74) is 6.71. The molecule has 0 saturated carbocycles. The smallest absolute Gasteiger partial charge is 0.217 e. The molecule has 19 nitrogen and oxygen atoms in total. The van der Waals surface area contributed by atoms with Gasteiger partial charge in [0.25, 0.3) is 0 Å². The third kappa shape index (κ3) is 7.86. The summed E-state index contributed by atoms with van der Waals surface area (Å²) >= 11 is 0. The zero-order valence-electron chi connectivity index (χ0n) is 24.7. The lowest BCUT2D eigenvalue weighted by Crippen LogP contribution is -2.70. The highest BCUT2D eigenvalue weighted by Gasteiger charge is 2.53. The summed E-state index contributed by atoms with van der Waals surface area (Å²) in [6.45, 7) is -1.10. The molecular weight excluding hydrogens is 622 g/mol. The Kier molecular flexibility index (Phi) is 12.5. The molecule has 1 amide bonds. The van der Waals surface area contributed by atoms with E-state index in [0.717, 1.165) is 6.92 Å². The number of carbonyl (C=O) groups is 1. The second kappa shape index (κ2) is 15.7. The molecule has 262 valence electrons. The predicted molar refractivity (Wildman–Crippen MR) is 149 cm³/mol. The number of hydrogen-bond acceptors (Lipinski definition) is 18. The molecule has 1 aromatic rings. The lowest BCUT2D eigenvalue weighted by molar-refractivity contribution is -0.350. The van der Waals surface area contributed by atoms with Crippen LogP contribution in [0.4, 0.5) is 0 Å². The van der Waals surface area contributed by atoms with Gasteiger partial charge in [0.1, 0.15) is 61.0 Å². The summed E-state index contributed by atoms with van der Waals surface area (Å²) in [7, 11) is 0. The van der Waals surface area contributed by atoms with Gasteiger partial charge in [-0.3, -0.25) is 4.79 Å². The van der Waals surface area contributed by atoms with Gasteiger partial charge >= 0.3 is 0 Å². The Labute approximate surface area is 262 Å². The largest absolute Gasteiger partial charge is 0.504 e. The number of phenols is 2. The van der Waals surface area contributed by atoms with E-state index in [1.54, 1.807) is 0 Å². The minimum absolute atomic E-state index is 0.0121. The van der Waals surface area contributed by atoms with Crippen LogP contribution in [0.2, 0.25) is 0 Å². The van der Waals surface area contributed by atoms with Crippen LogP contribution in [0.25, 0.3) is 0 Å². The molecule has 4 rings (SSSR count). The first-order valence-electron chi connectivity index (χ1n) is 14.6. The van der Waals surface area contributed by atoms with E-state index in [2.05, 4.69) is 10.6 Å². The van der Waals surface area contributed by atoms with Gasteiger partial charge in [0, 0.05) is 13.5 Å². The molecule has 19 heteroatoms. The number of phenolic OH excluding ortho intramolecular Hbond substituents is 2. The Morgan fingerprint density at radius 1 is 0.783 bits per heavy atom. The fourth-order valence-corrected chi connectivity index (χ4v) is 5.66. The molecule has 0 aliphatic carbocycles. The van der Waals surface area contributed by atoms with Crippen LogP contribution in [0.5, 0.6) is 11.5 Å².